The van der Waals surface area contributed by atoms with Crippen LogP contribution < -0.4 is 19.8 Å². The van der Waals surface area contributed by atoms with Crippen molar-refractivity contribution >= 4 is 107 Å². The third-order valence-corrected chi connectivity index (χ3v) is 6.83. The van der Waals surface area contributed by atoms with E-state index in [1.807, 2.05) is 45.2 Å². The van der Waals surface area contributed by atoms with Crippen molar-refractivity contribution in [1.29, 1.82) is 0 Å². The van der Waals surface area contributed by atoms with Crippen LogP contribution in [-0.4, -0.2) is 25.0 Å². The van der Waals surface area contributed by atoms with E-state index in [0.29, 0.717) is 18.6 Å². The third-order valence-electron chi connectivity index (χ3n) is 3.25. The molecule has 0 amide bonds. The topological polar surface area (TPSA) is 143 Å². The van der Waals surface area contributed by atoms with E-state index in [1.54, 1.807) is 24.3 Å². The molecular formula is C15H10I4NO7S-. The minimum absolute atomic E-state index is 0.0490. The summed E-state index contributed by atoms with van der Waals surface area (Å²) in [4.78, 5) is 10.9. The number of ether oxygens (including phenoxy) is 1. The second-order valence-corrected chi connectivity index (χ2v) is 11.1. The molecule has 0 radical (unpaired) electrons. The van der Waals surface area contributed by atoms with E-state index in [-0.39, 0.29) is 12.2 Å². The van der Waals surface area contributed by atoms with Crippen molar-refractivity contribution in [1.82, 2.24) is 0 Å². The summed E-state index contributed by atoms with van der Waals surface area (Å²) in [5, 5.41) is 10.9. The molecule has 0 aliphatic rings. The number of rotatable bonds is 7. The van der Waals surface area contributed by atoms with Crippen molar-refractivity contribution in [2.75, 3.05) is 0 Å². The first-order chi connectivity index (χ1) is 12.9. The van der Waals surface area contributed by atoms with Crippen LogP contribution in [0.2, 0.25) is 0 Å². The lowest BCUT2D eigenvalue weighted by Gasteiger charge is -2.16. The third kappa shape index (κ3) is 6.93. The van der Waals surface area contributed by atoms with Crippen molar-refractivity contribution in [3.8, 4) is 17.2 Å². The van der Waals surface area contributed by atoms with Crippen LogP contribution in [0.4, 0.5) is 0 Å². The van der Waals surface area contributed by atoms with Crippen molar-refractivity contribution in [2.45, 2.75) is 12.5 Å². The molecule has 0 saturated heterocycles. The highest BCUT2D eigenvalue weighted by Crippen LogP contribution is 2.37. The lowest BCUT2D eigenvalue weighted by Crippen LogP contribution is -2.69. The van der Waals surface area contributed by atoms with Crippen molar-refractivity contribution in [3.05, 3.63) is 44.1 Å². The second kappa shape index (κ2) is 10.1. The van der Waals surface area contributed by atoms with E-state index in [1.165, 1.54) is 0 Å². The lowest BCUT2D eigenvalue weighted by molar-refractivity contribution is -0.437. The van der Waals surface area contributed by atoms with E-state index >= 15 is 0 Å². The maximum atomic E-state index is 10.9. The molecule has 13 heteroatoms. The van der Waals surface area contributed by atoms with Gasteiger partial charge in [-0.1, -0.05) is 0 Å². The first kappa shape index (κ1) is 24.6. The summed E-state index contributed by atoms with van der Waals surface area (Å²) in [6.45, 7) is 0. The van der Waals surface area contributed by atoms with E-state index < -0.39 is 22.4 Å². The van der Waals surface area contributed by atoms with E-state index in [9.17, 15) is 22.9 Å². The van der Waals surface area contributed by atoms with Gasteiger partial charge in [-0.2, -0.15) is 0 Å². The summed E-state index contributed by atoms with van der Waals surface area (Å²) >= 11 is 7.87. The van der Waals surface area contributed by atoms with Crippen molar-refractivity contribution < 1.29 is 37.5 Å². The molecule has 0 aromatic heterocycles. The summed E-state index contributed by atoms with van der Waals surface area (Å²) < 4.78 is 45.3. The van der Waals surface area contributed by atoms with Gasteiger partial charge >= 0.3 is 0 Å². The number of carbonyl (C=O) groups is 1. The number of hydrogen-bond donors (Lipinski definition) is 1. The van der Waals surface area contributed by atoms with Crippen LogP contribution in [0.3, 0.4) is 0 Å². The van der Waals surface area contributed by atoms with Crippen LogP contribution in [0.15, 0.2) is 24.3 Å². The molecule has 0 fully saturated rings. The van der Waals surface area contributed by atoms with Gasteiger partial charge in [0.15, 0.2) is 11.5 Å². The highest BCUT2D eigenvalue weighted by atomic mass is 127. The molecule has 2 aromatic rings. The van der Waals surface area contributed by atoms with Gasteiger partial charge in [-0.05, 0) is 120 Å². The molecule has 0 aliphatic heterocycles. The predicted octanol–water partition coefficient (Wildman–Crippen LogP) is 1.64. The van der Waals surface area contributed by atoms with Gasteiger partial charge in [-0.15, -0.1) is 0 Å². The summed E-state index contributed by atoms with van der Waals surface area (Å²) in [6.07, 6.45) is 0.236. The van der Waals surface area contributed by atoms with Gasteiger partial charge in [-0.25, -0.2) is 8.42 Å². The smallest absolute Gasteiger partial charge is 0.262 e. The summed E-state index contributed by atoms with van der Waals surface area (Å²) in [5.41, 5.74) is 4.35. The Kier molecular flexibility index (Phi) is 8.84. The maximum absolute atomic E-state index is 10.9. The number of carboxylic acid groups (broad SMARTS) is 1. The number of carboxylic acids is 1. The largest absolute Gasteiger partial charge is 0.716 e. The standard InChI is InChI=1S/C15H11I4NO7S/c16-8-1-6(3-12(20)15(21)22)2-9(17)13(8)26-7-4-10(18)14(11(19)5-7)27-28(23,24)25/h1-2,4-5,12H,3,20H2,(H,21,22)(H,23,24,25)/p-1/t12-/m0/s1. The van der Waals surface area contributed by atoms with Gasteiger partial charge in [0.2, 0.25) is 0 Å². The van der Waals surface area contributed by atoms with Crippen LogP contribution >= 0.6 is 90.4 Å². The Bertz CT molecular complexity index is 983. The maximum Gasteiger partial charge on any atom is 0.262 e. The highest BCUT2D eigenvalue weighted by Gasteiger charge is 2.17. The van der Waals surface area contributed by atoms with E-state index in [4.69, 9.17) is 4.74 Å². The zero-order valence-corrected chi connectivity index (χ0v) is 23.0. The first-order valence-corrected chi connectivity index (χ1v) is 12.9. The lowest BCUT2D eigenvalue weighted by atomic mass is 10.1. The normalized spacial score (nSPS) is 12.5. The molecule has 2 aromatic carbocycles. The predicted molar refractivity (Wildman–Crippen MR) is 130 cm³/mol. The summed E-state index contributed by atoms with van der Waals surface area (Å²) in [7, 11) is -4.88. The van der Waals surface area contributed by atoms with Crippen LogP contribution in [0.1, 0.15) is 5.56 Å². The van der Waals surface area contributed by atoms with Gasteiger partial charge in [0.05, 0.1) is 20.3 Å². The average molecular weight is 856 g/mol. The molecule has 0 heterocycles. The number of aliphatic carboxylic acids is 1. The zero-order chi connectivity index (χ0) is 21.2. The number of carbonyl (C=O) groups excluding carboxylic acids is 1. The van der Waals surface area contributed by atoms with Crippen molar-refractivity contribution in [2.24, 2.45) is 0 Å². The molecular weight excluding hydrogens is 846 g/mol. The molecule has 0 bridgehead atoms. The second-order valence-electron chi connectivity index (χ2n) is 5.42. The number of hydrogen-bond acceptors (Lipinski definition) is 7. The molecule has 0 aliphatic carbocycles. The molecule has 3 N–H and O–H groups in total. The van der Waals surface area contributed by atoms with Crippen LogP contribution in [0.25, 0.3) is 0 Å². The monoisotopic (exact) mass is 856 g/mol. The van der Waals surface area contributed by atoms with Gasteiger partial charge in [0.25, 0.3) is 10.4 Å². The number of benzene rings is 2. The quantitative estimate of drug-likeness (QED) is 0.254. The molecule has 2 rings (SSSR count). The fourth-order valence-electron chi connectivity index (χ4n) is 2.09. The summed E-state index contributed by atoms with van der Waals surface area (Å²) in [6, 6.07) is 5.84. The Morgan fingerprint density at radius 2 is 1.46 bits per heavy atom. The van der Waals surface area contributed by atoms with E-state index in [2.05, 4.69) is 55.1 Å². The SMILES string of the molecule is [NH3+][C@@H](Cc1cc(I)c(Oc2cc(I)c(OS(=O)(=O)[O-])c(I)c2)c(I)c1)C(=O)[O-]. The van der Waals surface area contributed by atoms with Crippen molar-refractivity contribution in [3.63, 3.8) is 0 Å². The molecule has 28 heavy (non-hydrogen) atoms. The molecule has 152 valence electrons. The Morgan fingerprint density at radius 1 is 1.00 bits per heavy atom. The first-order valence-electron chi connectivity index (χ1n) is 7.21. The average Bonchev–Trinajstić information content (AvgIpc) is 2.53. The fourth-order valence-corrected chi connectivity index (χ4v) is 6.82. The zero-order valence-electron chi connectivity index (χ0n) is 13.6. The highest BCUT2D eigenvalue weighted by molar-refractivity contribution is 14.1. The minimum atomic E-state index is -4.88. The Labute approximate surface area is 215 Å². The van der Waals surface area contributed by atoms with Crippen LogP contribution in [0.5, 0.6) is 17.2 Å². The Hall–Kier alpha value is 0.300. The molecule has 0 saturated carbocycles. The number of quaternary nitrogens is 1. The Morgan fingerprint density at radius 3 is 1.89 bits per heavy atom. The van der Waals surface area contributed by atoms with Gasteiger partial charge in [0.1, 0.15) is 11.8 Å². The summed E-state index contributed by atoms with van der Waals surface area (Å²) in [5.74, 6) is -0.266. The van der Waals surface area contributed by atoms with E-state index in [0.717, 1.165) is 12.7 Å². The number of halogens is 4. The van der Waals surface area contributed by atoms with Gasteiger partial charge in [0, 0.05) is 6.42 Å². The minimum Gasteiger partial charge on any atom is -0.716 e. The molecule has 0 unspecified atom stereocenters. The Balaban J connectivity index is 2.32. The van der Waals surface area contributed by atoms with Crippen LogP contribution in [-0.2, 0) is 21.6 Å². The van der Waals surface area contributed by atoms with Gasteiger partial charge < -0.3 is 29.1 Å². The van der Waals surface area contributed by atoms with Crippen LogP contribution in [0, 0.1) is 14.3 Å². The fraction of sp³-hybridized carbons (Fsp3) is 0.133. The molecule has 1 atom stereocenters. The molecule has 0 spiro atoms. The van der Waals surface area contributed by atoms with Gasteiger partial charge in [-0.3, -0.25) is 0 Å². The molecule has 8 nitrogen and oxygen atoms in total.